The first kappa shape index (κ1) is 26.2. The molecule has 4 nitrogen and oxygen atoms in total. The van der Waals surface area contributed by atoms with Crippen LogP contribution in [0.4, 0.5) is 0 Å². The Morgan fingerprint density at radius 2 is 1.43 bits per heavy atom. The van der Waals surface area contributed by atoms with Gasteiger partial charge < -0.3 is 4.74 Å². The number of hydrogen-bond donors (Lipinski definition) is 1. The first-order valence-corrected chi connectivity index (χ1v) is 12.3. The number of hydrogen-bond acceptors (Lipinski definition) is 3. The van der Waals surface area contributed by atoms with Gasteiger partial charge in [0.15, 0.2) is 6.61 Å². The molecule has 1 N–H and O–H groups in total. The van der Waals surface area contributed by atoms with E-state index in [1.54, 1.807) is 0 Å². The molecular weight excluding hydrogens is 432 g/mol. The van der Waals surface area contributed by atoms with E-state index >= 15 is 0 Å². The lowest BCUT2D eigenvalue weighted by atomic mass is 9.72. The van der Waals surface area contributed by atoms with Crippen molar-refractivity contribution in [2.45, 2.75) is 59.8 Å². The molecule has 35 heavy (non-hydrogen) atoms. The highest BCUT2D eigenvalue weighted by molar-refractivity contribution is 6.01. The number of hydrazone groups is 1. The van der Waals surface area contributed by atoms with Gasteiger partial charge in [-0.15, -0.1) is 0 Å². The summed E-state index contributed by atoms with van der Waals surface area (Å²) in [6.45, 7) is 13.2. The maximum atomic E-state index is 12.3. The normalized spacial score (nSPS) is 12.3. The Morgan fingerprint density at radius 3 is 2.00 bits per heavy atom. The Morgan fingerprint density at radius 1 is 0.829 bits per heavy atom. The smallest absolute Gasteiger partial charge is 0.277 e. The zero-order valence-corrected chi connectivity index (χ0v) is 21.9. The second kappa shape index (κ2) is 11.4. The van der Waals surface area contributed by atoms with Crippen LogP contribution in [0.25, 0.3) is 11.1 Å². The summed E-state index contributed by atoms with van der Waals surface area (Å²) in [5.74, 6) is 0.389. The van der Waals surface area contributed by atoms with Gasteiger partial charge >= 0.3 is 0 Å². The molecule has 0 aliphatic rings. The molecule has 0 unspecified atom stereocenters. The highest BCUT2D eigenvalue weighted by atomic mass is 16.5. The lowest BCUT2D eigenvalue weighted by molar-refractivity contribution is -0.123. The predicted molar refractivity (Wildman–Crippen MR) is 146 cm³/mol. The van der Waals surface area contributed by atoms with Crippen molar-refractivity contribution in [1.82, 2.24) is 5.43 Å². The van der Waals surface area contributed by atoms with E-state index in [9.17, 15) is 4.79 Å². The second-order valence-corrected chi connectivity index (χ2v) is 10.8. The molecule has 3 aromatic rings. The van der Waals surface area contributed by atoms with Crippen LogP contribution >= 0.6 is 0 Å². The Bertz CT molecular complexity index is 1120. The van der Waals surface area contributed by atoms with E-state index in [4.69, 9.17) is 4.74 Å². The van der Waals surface area contributed by atoms with Gasteiger partial charge in [0, 0.05) is 0 Å². The van der Waals surface area contributed by atoms with Crippen LogP contribution in [-0.4, -0.2) is 18.2 Å². The van der Waals surface area contributed by atoms with Gasteiger partial charge in [-0.2, -0.15) is 5.10 Å². The minimum absolute atomic E-state index is 0.0682. The standard InChI is InChI=1S/C31H38N2O2/c1-7-28(25-15-13-24(14-16-25)23-11-9-8-10-12-23)32-33-29(34)21-35-27-19-17-26(18-20-27)31(5,6)22-30(2,3)4/h8-20H,7,21-22H2,1-6H3,(H,33,34). The monoisotopic (exact) mass is 470 g/mol. The molecule has 0 atom stereocenters. The van der Waals surface area contributed by atoms with Crippen LogP contribution in [0.3, 0.4) is 0 Å². The van der Waals surface area contributed by atoms with Gasteiger partial charge in [0.1, 0.15) is 5.75 Å². The third kappa shape index (κ3) is 7.81. The molecule has 184 valence electrons. The summed E-state index contributed by atoms with van der Waals surface area (Å²) < 4.78 is 5.69. The highest BCUT2D eigenvalue weighted by Crippen LogP contribution is 2.36. The summed E-state index contributed by atoms with van der Waals surface area (Å²) in [6.07, 6.45) is 1.78. The van der Waals surface area contributed by atoms with Crippen molar-refractivity contribution in [2.24, 2.45) is 10.5 Å². The van der Waals surface area contributed by atoms with E-state index in [1.165, 1.54) is 11.1 Å². The fourth-order valence-corrected chi connectivity index (χ4v) is 4.57. The van der Waals surface area contributed by atoms with E-state index in [1.807, 2.05) is 49.4 Å². The lowest BCUT2D eigenvalue weighted by Gasteiger charge is -2.33. The zero-order chi connectivity index (χ0) is 25.5. The third-order valence-electron chi connectivity index (χ3n) is 5.95. The molecule has 1 amide bonds. The topological polar surface area (TPSA) is 50.7 Å². The average molecular weight is 471 g/mol. The van der Waals surface area contributed by atoms with Gasteiger partial charge in [-0.1, -0.05) is 108 Å². The maximum absolute atomic E-state index is 12.3. The van der Waals surface area contributed by atoms with Crippen LogP contribution in [-0.2, 0) is 10.2 Å². The summed E-state index contributed by atoms with van der Waals surface area (Å²) in [4.78, 5) is 12.3. The van der Waals surface area contributed by atoms with Crippen LogP contribution in [0.1, 0.15) is 65.5 Å². The number of carbonyl (C=O) groups excluding carboxylic acids is 1. The van der Waals surface area contributed by atoms with Crippen molar-refractivity contribution in [2.75, 3.05) is 6.61 Å². The van der Waals surface area contributed by atoms with Gasteiger partial charge in [-0.25, -0.2) is 5.43 Å². The first-order chi connectivity index (χ1) is 16.6. The van der Waals surface area contributed by atoms with Crippen LogP contribution in [0, 0.1) is 5.41 Å². The Labute approximate surface area is 210 Å². The minimum Gasteiger partial charge on any atom is -0.484 e. The zero-order valence-electron chi connectivity index (χ0n) is 21.9. The molecule has 0 saturated heterocycles. The molecule has 0 fully saturated rings. The third-order valence-corrected chi connectivity index (χ3v) is 5.95. The van der Waals surface area contributed by atoms with Crippen molar-refractivity contribution in [3.05, 3.63) is 90.0 Å². The number of carbonyl (C=O) groups is 1. The number of rotatable bonds is 9. The molecule has 4 heteroatoms. The summed E-state index contributed by atoms with van der Waals surface area (Å²) in [5.41, 5.74) is 8.34. The van der Waals surface area contributed by atoms with Crippen LogP contribution < -0.4 is 10.2 Å². The van der Waals surface area contributed by atoms with Gasteiger partial charge in [0.2, 0.25) is 0 Å². The summed E-state index contributed by atoms with van der Waals surface area (Å²) in [5, 5.41) is 4.34. The molecule has 3 rings (SSSR count). The van der Waals surface area contributed by atoms with Gasteiger partial charge in [0.25, 0.3) is 5.91 Å². The molecule has 0 bridgehead atoms. The molecule has 0 aromatic heterocycles. The highest BCUT2D eigenvalue weighted by Gasteiger charge is 2.27. The average Bonchev–Trinajstić information content (AvgIpc) is 2.83. The second-order valence-electron chi connectivity index (χ2n) is 10.8. The number of ether oxygens (including phenoxy) is 1. The molecule has 3 aromatic carbocycles. The lowest BCUT2D eigenvalue weighted by Crippen LogP contribution is -2.26. The number of amides is 1. The molecule has 0 radical (unpaired) electrons. The van der Waals surface area contributed by atoms with Crippen LogP contribution in [0.2, 0.25) is 0 Å². The summed E-state index contributed by atoms with van der Waals surface area (Å²) in [6, 6.07) is 26.5. The Kier molecular flexibility index (Phi) is 8.50. The van der Waals surface area contributed by atoms with Crippen LogP contribution in [0.15, 0.2) is 84.0 Å². The minimum atomic E-state index is -0.283. The number of nitrogens with zero attached hydrogens (tertiary/aromatic N) is 1. The SMILES string of the molecule is CCC(=NNC(=O)COc1ccc(C(C)(C)CC(C)(C)C)cc1)c1ccc(-c2ccccc2)cc1. The predicted octanol–water partition coefficient (Wildman–Crippen LogP) is 7.38. The summed E-state index contributed by atoms with van der Waals surface area (Å²) >= 11 is 0. The number of benzene rings is 3. The van der Waals surface area contributed by atoms with Crippen molar-refractivity contribution in [3.8, 4) is 16.9 Å². The largest absolute Gasteiger partial charge is 0.484 e. The van der Waals surface area contributed by atoms with Gasteiger partial charge in [-0.3, -0.25) is 4.79 Å². The molecule has 0 spiro atoms. The summed E-state index contributed by atoms with van der Waals surface area (Å²) in [7, 11) is 0. The fourth-order valence-electron chi connectivity index (χ4n) is 4.57. The van der Waals surface area contributed by atoms with Crippen molar-refractivity contribution in [3.63, 3.8) is 0 Å². The Hall–Kier alpha value is -3.40. The van der Waals surface area contributed by atoms with E-state index in [0.29, 0.717) is 12.2 Å². The van der Waals surface area contributed by atoms with Crippen molar-refractivity contribution >= 4 is 11.6 Å². The van der Waals surface area contributed by atoms with Crippen molar-refractivity contribution < 1.29 is 9.53 Å². The van der Waals surface area contributed by atoms with E-state index < -0.39 is 0 Å². The molecule has 0 aliphatic carbocycles. The maximum Gasteiger partial charge on any atom is 0.277 e. The van der Waals surface area contributed by atoms with E-state index in [0.717, 1.165) is 23.3 Å². The Balaban J connectivity index is 1.55. The first-order valence-electron chi connectivity index (χ1n) is 12.3. The van der Waals surface area contributed by atoms with Crippen molar-refractivity contribution in [1.29, 1.82) is 0 Å². The van der Waals surface area contributed by atoms with E-state index in [-0.39, 0.29) is 23.3 Å². The molecule has 0 heterocycles. The molecule has 0 saturated carbocycles. The fraction of sp³-hybridized carbons (Fsp3) is 0.355. The number of nitrogens with one attached hydrogen (secondary N) is 1. The van der Waals surface area contributed by atoms with Gasteiger partial charge in [-0.05, 0) is 58.1 Å². The quantitative estimate of drug-likeness (QED) is 0.262. The van der Waals surface area contributed by atoms with Gasteiger partial charge in [0.05, 0.1) is 5.71 Å². The molecular formula is C31H38N2O2. The van der Waals surface area contributed by atoms with E-state index in [2.05, 4.69) is 81.5 Å². The molecule has 0 aliphatic heterocycles. The van der Waals surface area contributed by atoms with Crippen LogP contribution in [0.5, 0.6) is 5.75 Å².